The van der Waals surface area contributed by atoms with E-state index in [-0.39, 0.29) is 6.04 Å². The van der Waals surface area contributed by atoms with Crippen LogP contribution in [0.5, 0.6) is 0 Å². The zero-order valence-corrected chi connectivity index (χ0v) is 12.3. The van der Waals surface area contributed by atoms with Crippen LogP contribution in [0, 0.1) is 5.92 Å². The van der Waals surface area contributed by atoms with Gasteiger partial charge in [0.15, 0.2) is 0 Å². The molecule has 102 valence electrons. The molecule has 0 saturated carbocycles. The van der Waals surface area contributed by atoms with Gasteiger partial charge in [0.25, 0.3) is 0 Å². The van der Waals surface area contributed by atoms with Gasteiger partial charge in [-0.3, -0.25) is 4.90 Å². The molecule has 2 nitrogen and oxygen atoms in total. The maximum absolute atomic E-state index is 10.5. The van der Waals surface area contributed by atoms with E-state index >= 15 is 0 Å². The van der Waals surface area contributed by atoms with Crippen molar-refractivity contribution in [1.29, 1.82) is 0 Å². The molecule has 0 aliphatic rings. The fourth-order valence-electron chi connectivity index (χ4n) is 2.38. The Balaban J connectivity index is 2.79. The maximum atomic E-state index is 10.5. The third-order valence-electron chi connectivity index (χ3n) is 3.36. The third kappa shape index (κ3) is 4.11. The Morgan fingerprint density at radius 1 is 1.00 bits per heavy atom. The van der Waals surface area contributed by atoms with E-state index in [4.69, 9.17) is 0 Å². The van der Waals surface area contributed by atoms with Crippen LogP contribution in [0.3, 0.4) is 0 Å². The molecule has 1 rings (SSSR count). The van der Waals surface area contributed by atoms with Gasteiger partial charge in [0, 0.05) is 18.6 Å². The maximum Gasteiger partial charge on any atom is 0.0942 e. The molecule has 1 aromatic carbocycles. The highest BCUT2D eigenvalue weighted by Gasteiger charge is 2.25. The Morgan fingerprint density at radius 2 is 1.56 bits per heavy atom. The lowest BCUT2D eigenvalue weighted by atomic mass is 10.00. The molecule has 0 aliphatic heterocycles. The number of nitrogens with zero attached hydrogens (tertiary/aromatic N) is 1. The van der Waals surface area contributed by atoms with E-state index in [1.54, 1.807) is 0 Å². The summed E-state index contributed by atoms with van der Waals surface area (Å²) in [5.41, 5.74) is 0.999. The number of aliphatic hydroxyl groups is 1. The van der Waals surface area contributed by atoms with Gasteiger partial charge in [0.05, 0.1) is 6.10 Å². The zero-order chi connectivity index (χ0) is 13.7. The summed E-state index contributed by atoms with van der Waals surface area (Å²) in [5.74, 6) is 0.609. The Kier molecular flexibility index (Phi) is 5.83. The molecule has 0 amide bonds. The van der Waals surface area contributed by atoms with Crippen LogP contribution in [-0.4, -0.2) is 28.6 Å². The summed E-state index contributed by atoms with van der Waals surface area (Å²) < 4.78 is 0. The molecule has 0 spiro atoms. The molecular formula is C16H27NO. The second kappa shape index (κ2) is 6.91. The van der Waals surface area contributed by atoms with Gasteiger partial charge >= 0.3 is 0 Å². The van der Waals surface area contributed by atoms with Gasteiger partial charge in [-0.1, -0.05) is 44.2 Å². The van der Waals surface area contributed by atoms with Crippen molar-refractivity contribution >= 4 is 0 Å². The minimum absolute atomic E-state index is 0.134. The molecule has 2 atom stereocenters. The van der Waals surface area contributed by atoms with Crippen LogP contribution >= 0.6 is 0 Å². The first-order valence-corrected chi connectivity index (χ1v) is 6.92. The highest BCUT2D eigenvalue weighted by molar-refractivity contribution is 5.18. The lowest BCUT2D eigenvalue weighted by Gasteiger charge is -2.36. The quantitative estimate of drug-likeness (QED) is 0.834. The summed E-state index contributed by atoms with van der Waals surface area (Å²) >= 11 is 0. The van der Waals surface area contributed by atoms with Crippen molar-refractivity contribution in [2.24, 2.45) is 5.92 Å². The number of hydrogen-bond donors (Lipinski definition) is 1. The second-order valence-electron chi connectivity index (χ2n) is 5.78. The highest BCUT2D eigenvalue weighted by Crippen LogP contribution is 2.23. The van der Waals surface area contributed by atoms with E-state index in [9.17, 15) is 5.11 Å². The average molecular weight is 249 g/mol. The summed E-state index contributed by atoms with van der Waals surface area (Å²) in [6.07, 6.45) is -0.424. The lowest BCUT2D eigenvalue weighted by molar-refractivity contribution is 0.0332. The predicted octanol–water partition coefficient (Wildman–Crippen LogP) is 3.47. The lowest BCUT2D eigenvalue weighted by Crippen LogP contribution is -2.44. The molecule has 1 N–H and O–H groups in total. The van der Waals surface area contributed by atoms with Gasteiger partial charge in [-0.25, -0.2) is 0 Å². The van der Waals surface area contributed by atoms with Crippen molar-refractivity contribution in [2.75, 3.05) is 6.54 Å². The van der Waals surface area contributed by atoms with Crippen LogP contribution in [0.4, 0.5) is 0 Å². The molecule has 0 radical (unpaired) electrons. The first-order valence-electron chi connectivity index (χ1n) is 6.92. The molecule has 0 bridgehead atoms. The van der Waals surface area contributed by atoms with E-state index in [0.29, 0.717) is 12.0 Å². The number of rotatable bonds is 6. The predicted molar refractivity (Wildman–Crippen MR) is 77.5 cm³/mol. The molecule has 0 saturated heterocycles. The van der Waals surface area contributed by atoms with Crippen molar-refractivity contribution in [3.05, 3.63) is 35.9 Å². The minimum Gasteiger partial charge on any atom is -0.387 e. The minimum atomic E-state index is -0.424. The largest absolute Gasteiger partial charge is 0.387 e. The van der Waals surface area contributed by atoms with Gasteiger partial charge in [-0.15, -0.1) is 0 Å². The van der Waals surface area contributed by atoms with Crippen molar-refractivity contribution in [1.82, 2.24) is 4.90 Å². The van der Waals surface area contributed by atoms with Crippen molar-refractivity contribution in [3.63, 3.8) is 0 Å². The van der Waals surface area contributed by atoms with Gasteiger partial charge in [-0.2, -0.15) is 0 Å². The molecule has 0 fully saturated rings. The van der Waals surface area contributed by atoms with E-state index in [0.717, 1.165) is 12.1 Å². The van der Waals surface area contributed by atoms with Crippen molar-refractivity contribution < 1.29 is 5.11 Å². The molecule has 18 heavy (non-hydrogen) atoms. The molecule has 0 heterocycles. The van der Waals surface area contributed by atoms with Gasteiger partial charge in [-0.05, 0) is 32.3 Å². The van der Waals surface area contributed by atoms with Gasteiger partial charge in [0.2, 0.25) is 0 Å². The Labute approximate surface area is 112 Å². The van der Waals surface area contributed by atoms with Crippen LogP contribution in [-0.2, 0) is 0 Å². The van der Waals surface area contributed by atoms with E-state index in [1.807, 2.05) is 30.3 Å². The summed E-state index contributed by atoms with van der Waals surface area (Å²) in [7, 11) is 0. The van der Waals surface area contributed by atoms with Crippen LogP contribution in [0.25, 0.3) is 0 Å². The molecule has 2 unspecified atom stereocenters. The normalized spacial score (nSPS) is 15.4. The molecule has 1 aromatic rings. The van der Waals surface area contributed by atoms with E-state index < -0.39 is 6.10 Å². The van der Waals surface area contributed by atoms with E-state index in [1.165, 1.54) is 0 Å². The van der Waals surface area contributed by atoms with Crippen molar-refractivity contribution in [2.45, 2.75) is 52.8 Å². The standard InChI is InChI=1S/C16H27NO/c1-12(2)11-17(13(3)4)14(5)16(18)15-9-7-6-8-10-15/h6-10,12-14,16,18H,11H2,1-5H3. The Morgan fingerprint density at radius 3 is 2.00 bits per heavy atom. The summed E-state index contributed by atoms with van der Waals surface area (Å²) in [5, 5.41) is 10.5. The fraction of sp³-hybridized carbons (Fsp3) is 0.625. The van der Waals surface area contributed by atoms with Crippen LogP contribution in [0.2, 0.25) is 0 Å². The first kappa shape index (κ1) is 15.2. The number of benzene rings is 1. The SMILES string of the molecule is CC(C)CN(C(C)C)C(C)C(O)c1ccccc1. The third-order valence-corrected chi connectivity index (χ3v) is 3.36. The molecule has 2 heteroatoms. The van der Waals surface area contributed by atoms with Crippen LogP contribution in [0.15, 0.2) is 30.3 Å². The Bertz CT molecular complexity index is 334. The van der Waals surface area contributed by atoms with Crippen molar-refractivity contribution in [3.8, 4) is 0 Å². The average Bonchev–Trinajstić information content (AvgIpc) is 2.34. The molecule has 0 aromatic heterocycles. The monoisotopic (exact) mass is 249 g/mol. The fourth-order valence-corrected chi connectivity index (χ4v) is 2.38. The van der Waals surface area contributed by atoms with E-state index in [2.05, 4.69) is 39.5 Å². The summed E-state index contributed by atoms with van der Waals surface area (Å²) in [4.78, 5) is 2.38. The highest BCUT2D eigenvalue weighted by atomic mass is 16.3. The van der Waals surface area contributed by atoms with Crippen LogP contribution < -0.4 is 0 Å². The second-order valence-corrected chi connectivity index (χ2v) is 5.78. The first-order chi connectivity index (χ1) is 8.43. The number of aliphatic hydroxyl groups excluding tert-OH is 1. The zero-order valence-electron chi connectivity index (χ0n) is 12.3. The van der Waals surface area contributed by atoms with Crippen LogP contribution in [0.1, 0.15) is 46.3 Å². The summed E-state index contributed by atoms with van der Waals surface area (Å²) in [6, 6.07) is 10.5. The Hall–Kier alpha value is -0.860. The topological polar surface area (TPSA) is 23.5 Å². The molecular weight excluding hydrogens is 222 g/mol. The van der Waals surface area contributed by atoms with Gasteiger partial charge < -0.3 is 5.11 Å². The van der Waals surface area contributed by atoms with Gasteiger partial charge in [0.1, 0.15) is 0 Å². The number of hydrogen-bond acceptors (Lipinski definition) is 2. The smallest absolute Gasteiger partial charge is 0.0942 e. The summed E-state index contributed by atoms with van der Waals surface area (Å²) in [6.45, 7) is 11.9. The molecule has 0 aliphatic carbocycles.